The van der Waals surface area contributed by atoms with E-state index in [-0.39, 0.29) is 6.79 Å². The lowest BCUT2D eigenvalue weighted by Crippen LogP contribution is -2.29. The molecule has 22 heavy (non-hydrogen) atoms. The molecule has 0 aliphatic carbocycles. The highest BCUT2D eigenvalue weighted by molar-refractivity contribution is 6.30. The number of hydrogen-bond acceptors (Lipinski definition) is 5. The molecule has 2 heterocycles. The molecule has 2 aromatic carbocycles. The predicted molar refractivity (Wildman–Crippen MR) is 77.8 cm³/mol. The van der Waals surface area contributed by atoms with E-state index in [4.69, 9.17) is 30.5 Å². The van der Waals surface area contributed by atoms with Crippen molar-refractivity contribution in [2.24, 2.45) is 0 Å². The van der Waals surface area contributed by atoms with Crippen LogP contribution in [-0.4, -0.2) is 18.9 Å². The fourth-order valence-electron chi connectivity index (χ4n) is 2.47. The predicted octanol–water partition coefficient (Wildman–Crippen LogP) is 2.98. The third-order valence-electron chi connectivity index (χ3n) is 3.52. The van der Waals surface area contributed by atoms with Crippen LogP contribution in [0.2, 0.25) is 5.02 Å². The number of esters is 1. The molecule has 0 N–H and O–H groups in total. The van der Waals surface area contributed by atoms with Crippen molar-refractivity contribution in [1.82, 2.24) is 0 Å². The molecule has 112 valence electrons. The highest BCUT2D eigenvalue weighted by Gasteiger charge is 2.31. The molecule has 5 nitrogen and oxygen atoms in total. The molecule has 0 bridgehead atoms. The van der Waals surface area contributed by atoms with E-state index in [1.807, 2.05) is 0 Å². The summed E-state index contributed by atoms with van der Waals surface area (Å²) >= 11 is 5.94. The van der Waals surface area contributed by atoms with Crippen LogP contribution in [0, 0.1) is 0 Å². The molecule has 6 heteroatoms. The Labute approximate surface area is 131 Å². The van der Waals surface area contributed by atoms with Gasteiger partial charge in [0.05, 0.1) is 0 Å². The second kappa shape index (κ2) is 5.10. The molecule has 0 spiro atoms. The first-order valence-electron chi connectivity index (χ1n) is 6.75. The molecule has 2 aromatic rings. The maximum absolute atomic E-state index is 12.2. The maximum Gasteiger partial charge on any atom is 0.353 e. The Morgan fingerprint density at radius 2 is 1.91 bits per heavy atom. The van der Waals surface area contributed by atoms with E-state index in [0.717, 1.165) is 5.56 Å². The van der Waals surface area contributed by atoms with Crippen LogP contribution in [-0.2, 0) is 11.2 Å². The topological polar surface area (TPSA) is 54.0 Å². The normalized spacial score (nSPS) is 17.8. The first-order valence-corrected chi connectivity index (χ1v) is 7.13. The van der Waals surface area contributed by atoms with Gasteiger partial charge in [0, 0.05) is 17.5 Å². The Hall–Kier alpha value is -2.40. The van der Waals surface area contributed by atoms with Crippen LogP contribution in [0.1, 0.15) is 5.56 Å². The summed E-state index contributed by atoms with van der Waals surface area (Å²) in [6.45, 7) is 0.175. The zero-order chi connectivity index (χ0) is 15.1. The molecule has 0 amide bonds. The van der Waals surface area contributed by atoms with Gasteiger partial charge in [-0.2, -0.15) is 0 Å². The lowest BCUT2D eigenvalue weighted by atomic mass is 10.1. The van der Waals surface area contributed by atoms with Gasteiger partial charge >= 0.3 is 5.97 Å². The molecule has 0 fully saturated rings. The second-order valence-electron chi connectivity index (χ2n) is 5.00. The number of ether oxygens (including phenoxy) is 4. The minimum atomic E-state index is -0.668. The molecule has 2 aliphatic heterocycles. The Kier molecular flexibility index (Phi) is 3.08. The van der Waals surface area contributed by atoms with E-state index in [1.165, 1.54) is 0 Å². The van der Waals surface area contributed by atoms with Crippen LogP contribution >= 0.6 is 11.6 Å². The first-order chi connectivity index (χ1) is 10.7. The molecule has 0 aromatic heterocycles. The van der Waals surface area contributed by atoms with E-state index in [9.17, 15) is 4.79 Å². The zero-order valence-electron chi connectivity index (χ0n) is 11.4. The largest absolute Gasteiger partial charge is 0.478 e. The third-order valence-corrected chi connectivity index (χ3v) is 3.76. The van der Waals surface area contributed by atoms with E-state index in [0.29, 0.717) is 34.4 Å². The smallest absolute Gasteiger partial charge is 0.353 e. The number of carbonyl (C=O) groups is 1. The summed E-state index contributed by atoms with van der Waals surface area (Å²) < 4.78 is 21.4. The van der Waals surface area contributed by atoms with Gasteiger partial charge in [0.1, 0.15) is 11.5 Å². The van der Waals surface area contributed by atoms with Crippen LogP contribution in [0.4, 0.5) is 0 Å². The number of fused-ring (bicyclic) bond motifs is 2. The average Bonchev–Trinajstić information content (AvgIpc) is 3.12. The van der Waals surface area contributed by atoms with Crippen LogP contribution in [0.3, 0.4) is 0 Å². The highest BCUT2D eigenvalue weighted by Crippen LogP contribution is 2.36. The number of benzene rings is 2. The van der Waals surface area contributed by atoms with Crippen molar-refractivity contribution in [3.05, 3.63) is 47.0 Å². The lowest BCUT2D eigenvalue weighted by Gasteiger charge is -2.10. The van der Waals surface area contributed by atoms with Crippen LogP contribution in [0.25, 0.3) is 0 Å². The third kappa shape index (κ3) is 2.33. The van der Waals surface area contributed by atoms with Gasteiger partial charge in [0.15, 0.2) is 17.6 Å². The molecule has 0 saturated carbocycles. The van der Waals surface area contributed by atoms with Gasteiger partial charge in [-0.05, 0) is 35.9 Å². The Balaban J connectivity index is 1.47. The van der Waals surface area contributed by atoms with Crippen molar-refractivity contribution in [1.29, 1.82) is 0 Å². The maximum atomic E-state index is 12.2. The molecule has 1 atom stereocenters. The number of halogens is 1. The van der Waals surface area contributed by atoms with Crippen molar-refractivity contribution in [3.63, 3.8) is 0 Å². The Bertz CT molecular complexity index is 758. The Morgan fingerprint density at radius 1 is 1.09 bits per heavy atom. The van der Waals surface area contributed by atoms with Crippen molar-refractivity contribution in [2.75, 3.05) is 6.79 Å². The van der Waals surface area contributed by atoms with Gasteiger partial charge < -0.3 is 18.9 Å². The quantitative estimate of drug-likeness (QED) is 0.629. The van der Waals surface area contributed by atoms with Crippen LogP contribution < -0.4 is 18.9 Å². The SMILES string of the molecule is O=C(Oc1ccc2c(c1)OCO2)C1Cc2cc(Cl)ccc2O1. The number of hydrogen-bond donors (Lipinski definition) is 0. The molecular formula is C16H11ClO5. The van der Waals surface area contributed by atoms with Crippen molar-refractivity contribution >= 4 is 17.6 Å². The summed E-state index contributed by atoms with van der Waals surface area (Å²) in [6, 6.07) is 10.3. The summed E-state index contributed by atoms with van der Waals surface area (Å²) in [6.07, 6.45) is -0.224. The molecule has 1 unspecified atom stereocenters. The highest BCUT2D eigenvalue weighted by atomic mass is 35.5. The summed E-state index contributed by atoms with van der Waals surface area (Å²) in [4.78, 5) is 12.2. The van der Waals surface area contributed by atoms with Gasteiger partial charge in [-0.15, -0.1) is 0 Å². The van der Waals surface area contributed by atoms with Gasteiger partial charge in [0.2, 0.25) is 6.79 Å². The van der Waals surface area contributed by atoms with Crippen LogP contribution in [0.5, 0.6) is 23.0 Å². The number of rotatable bonds is 2. The Morgan fingerprint density at radius 3 is 2.82 bits per heavy atom. The van der Waals surface area contributed by atoms with Gasteiger partial charge in [-0.3, -0.25) is 0 Å². The minimum absolute atomic E-state index is 0.175. The van der Waals surface area contributed by atoms with Crippen molar-refractivity contribution < 1.29 is 23.7 Å². The van der Waals surface area contributed by atoms with Gasteiger partial charge in [0.25, 0.3) is 0 Å². The summed E-state index contributed by atoms with van der Waals surface area (Å²) in [7, 11) is 0. The molecule has 4 rings (SSSR count). The van der Waals surface area contributed by atoms with Gasteiger partial charge in [-0.1, -0.05) is 11.6 Å². The number of carbonyl (C=O) groups excluding carboxylic acids is 1. The molecular weight excluding hydrogens is 308 g/mol. The fourth-order valence-corrected chi connectivity index (χ4v) is 2.67. The zero-order valence-corrected chi connectivity index (χ0v) is 12.1. The summed E-state index contributed by atoms with van der Waals surface area (Å²) in [5, 5.41) is 0.618. The van der Waals surface area contributed by atoms with Crippen molar-refractivity contribution in [3.8, 4) is 23.0 Å². The second-order valence-corrected chi connectivity index (χ2v) is 5.44. The standard InChI is InChI=1S/C16H11ClO5/c17-10-1-3-12-9(5-10)6-15(22-12)16(18)21-11-2-4-13-14(7-11)20-8-19-13/h1-5,7,15H,6,8H2. The van der Waals surface area contributed by atoms with E-state index >= 15 is 0 Å². The van der Waals surface area contributed by atoms with Gasteiger partial charge in [-0.25, -0.2) is 4.79 Å². The van der Waals surface area contributed by atoms with Crippen molar-refractivity contribution in [2.45, 2.75) is 12.5 Å². The summed E-state index contributed by atoms with van der Waals surface area (Å²) in [5.41, 5.74) is 0.903. The molecule has 0 radical (unpaired) electrons. The average molecular weight is 319 g/mol. The minimum Gasteiger partial charge on any atom is -0.478 e. The fraction of sp³-hybridized carbons (Fsp3) is 0.188. The first kappa shape index (κ1) is 13.3. The van der Waals surface area contributed by atoms with E-state index in [2.05, 4.69) is 0 Å². The van der Waals surface area contributed by atoms with E-state index < -0.39 is 12.1 Å². The monoisotopic (exact) mass is 318 g/mol. The van der Waals surface area contributed by atoms with E-state index in [1.54, 1.807) is 36.4 Å². The van der Waals surface area contributed by atoms with Crippen LogP contribution in [0.15, 0.2) is 36.4 Å². The lowest BCUT2D eigenvalue weighted by molar-refractivity contribution is -0.141. The summed E-state index contributed by atoms with van der Waals surface area (Å²) in [5.74, 6) is 1.81. The molecule has 2 aliphatic rings. The molecule has 0 saturated heterocycles.